The second-order valence-electron chi connectivity index (χ2n) is 6.06. The Hall–Kier alpha value is -0.387. The fourth-order valence-electron chi connectivity index (χ4n) is 2.54. The van der Waals surface area contributed by atoms with E-state index in [9.17, 15) is 37.7 Å². The van der Waals surface area contributed by atoms with Gasteiger partial charge in [-0.2, -0.15) is 5.26 Å². The number of nitriles is 1. The van der Waals surface area contributed by atoms with Gasteiger partial charge in [0.1, 0.15) is 27.1 Å². The maximum atomic E-state index is 12.4. The van der Waals surface area contributed by atoms with Crippen molar-refractivity contribution in [3.63, 3.8) is 0 Å². The van der Waals surface area contributed by atoms with Gasteiger partial charge >= 0.3 is 103 Å². The van der Waals surface area contributed by atoms with Gasteiger partial charge in [-0.3, -0.25) is 9.59 Å². The van der Waals surface area contributed by atoms with Gasteiger partial charge in [0.05, 0.1) is 4.90 Å². The summed E-state index contributed by atoms with van der Waals surface area (Å²) in [5.74, 6) is -0.826. The predicted molar refractivity (Wildman–Crippen MR) is 114 cm³/mol. The number of nitrogens with one attached hydrogen (secondary N) is 1. The zero-order valence-corrected chi connectivity index (χ0v) is 26.4. The Morgan fingerprint density at radius 2 is 1.76 bits per heavy atom. The van der Waals surface area contributed by atoms with Crippen molar-refractivity contribution in [1.82, 2.24) is 0 Å². The smallest absolute Gasteiger partial charge is 0.744 e. The van der Waals surface area contributed by atoms with Crippen molar-refractivity contribution in [1.29, 1.82) is 5.26 Å². The van der Waals surface area contributed by atoms with Crippen LogP contribution in [0, 0.1) is 11.3 Å². The van der Waals surface area contributed by atoms with E-state index in [1.807, 2.05) is 0 Å². The van der Waals surface area contributed by atoms with Crippen molar-refractivity contribution in [2.75, 3.05) is 16.8 Å². The normalized spacial score (nSPS) is 10.7. The summed E-state index contributed by atoms with van der Waals surface area (Å²) in [7, 11) is -4.71. The van der Waals surface area contributed by atoms with Gasteiger partial charge in [0, 0.05) is 17.9 Å². The Morgan fingerprint density at radius 3 is 2.26 bits per heavy atom. The van der Waals surface area contributed by atoms with E-state index in [4.69, 9.17) is 0 Å². The molecule has 0 aliphatic rings. The topological polar surface area (TPSA) is 171 Å². The fourth-order valence-corrected chi connectivity index (χ4v) is 3.54. The van der Waals surface area contributed by atoms with Gasteiger partial charge in [-0.1, -0.05) is 18.2 Å². The summed E-state index contributed by atoms with van der Waals surface area (Å²) in [6.45, 7) is 1.87. The maximum Gasteiger partial charge on any atom is 1.00 e. The summed E-state index contributed by atoms with van der Waals surface area (Å²) in [5.41, 5.74) is 0.560. The van der Waals surface area contributed by atoms with Crippen LogP contribution in [0.5, 0.6) is 0 Å². The summed E-state index contributed by atoms with van der Waals surface area (Å²) in [4.78, 5) is 35.6. The van der Waals surface area contributed by atoms with Gasteiger partial charge in [-0.05, 0) is 60.7 Å². The Balaban J connectivity index is 0.00000544. The summed E-state index contributed by atoms with van der Waals surface area (Å²) < 4.78 is 33.3. The number of carboxylic acid groups (broad SMARTS) is 1. The molecule has 0 saturated heterocycles. The van der Waals surface area contributed by atoms with Crippen molar-refractivity contribution in [3.8, 4) is 6.07 Å². The van der Waals surface area contributed by atoms with Crippen LogP contribution in [0.15, 0.2) is 59.0 Å². The van der Waals surface area contributed by atoms with Crippen LogP contribution in [0.3, 0.4) is 0 Å². The Morgan fingerprint density at radius 1 is 1.15 bits per heavy atom. The quantitative estimate of drug-likeness (QED) is 0.163. The first-order valence-corrected chi connectivity index (χ1v) is 11.1. The molecule has 0 aliphatic carbocycles. The molecule has 14 heteroatoms. The summed E-state index contributed by atoms with van der Waals surface area (Å²) in [6.07, 6.45) is 1.27. The van der Waals surface area contributed by atoms with E-state index in [0.717, 1.165) is 12.1 Å². The van der Waals surface area contributed by atoms with E-state index < -0.39 is 31.5 Å². The third-order valence-electron chi connectivity index (χ3n) is 3.97. The van der Waals surface area contributed by atoms with E-state index in [1.165, 1.54) is 47.4 Å². The molecule has 0 heterocycles. The molecule has 1 N–H and O–H groups in total. The molecule has 166 valence electrons. The largest absolute Gasteiger partial charge is 1.00 e. The molecule has 0 fully saturated rings. The van der Waals surface area contributed by atoms with E-state index in [-0.39, 0.29) is 132 Å². The molecule has 10 nitrogen and oxygen atoms in total. The van der Waals surface area contributed by atoms with E-state index in [2.05, 4.69) is 5.32 Å². The van der Waals surface area contributed by atoms with Gasteiger partial charge < -0.3 is 24.7 Å². The molecule has 0 radical (unpaired) electrons. The van der Waals surface area contributed by atoms with Crippen molar-refractivity contribution in [3.05, 3.63) is 59.7 Å². The number of benzene rings is 2. The number of hydrogen-bond donors (Lipinski definition) is 1. The molecule has 0 aromatic heterocycles. The van der Waals surface area contributed by atoms with Gasteiger partial charge in [0.15, 0.2) is 0 Å². The van der Waals surface area contributed by atoms with Crippen LogP contribution < -0.4 is 118 Å². The van der Waals surface area contributed by atoms with Crippen LogP contribution in [-0.2, 0) is 14.9 Å². The van der Waals surface area contributed by atoms with Crippen LogP contribution in [0.25, 0.3) is 6.08 Å². The van der Waals surface area contributed by atoms with Crippen molar-refractivity contribution in [2.45, 2.75) is 11.8 Å². The van der Waals surface area contributed by atoms with E-state index in [0.29, 0.717) is 11.3 Å². The molecule has 2 aromatic rings. The first-order valence-electron chi connectivity index (χ1n) is 8.84. The van der Waals surface area contributed by atoms with Crippen molar-refractivity contribution < 1.29 is 135 Å². The van der Waals surface area contributed by atoms with Crippen LogP contribution in [0.2, 0.25) is 0 Å². The molecule has 0 aliphatic heterocycles. The number of nitrogens with zero attached hydrogens (tertiary/aromatic N) is 2. The third-order valence-corrected chi connectivity index (χ3v) is 5.36. The standard InChI is InChI=1S/C20H17N3O7S2.2K/c1-2-23(19(25)31-20(26)27)16-8-6-13(7-9-16)10-14(12-21)18(24)22-15-4-3-5-17(11-15)32(28,29)30;;/h3-11H,2H2,1H3,(H,22,24)(H,26,27)(H,28,29,30);;/q;2*+1/p-2. The molecule has 2 rings (SSSR count). The molecule has 0 atom stereocenters. The Kier molecular flexibility index (Phi) is 15.5. The number of carbonyl (C=O) groups is 3. The first kappa shape index (κ1) is 33.6. The number of thioether (sulfide) groups is 1. The van der Waals surface area contributed by atoms with Crippen molar-refractivity contribution >= 4 is 55.8 Å². The molecule has 0 saturated carbocycles. The average molecular weight is 552 g/mol. The Bertz CT molecular complexity index is 1230. The van der Waals surface area contributed by atoms with Gasteiger partial charge in [-0.25, -0.2) is 8.42 Å². The van der Waals surface area contributed by atoms with Crippen LogP contribution in [-0.4, -0.2) is 36.0 Å². The molecular weight excluding hydrogens is 537 g/mol. The Labute approximate surface area is 285 Å². The number of anilines is 2. The summed E-state index contributed by atoms with van der Waals surface area (Å²) in [5, 5.41) is 20.0. The van der Waals surface area contributed by atoms with Crippen LogP contribution in [0.1, 0.15) is 12.5 Å². The summed E-state index contributed by atoms with van der Waals surface area (Å²) >= 11 is 0.0351. The number of rotatable bonds is 6. The van der Waals surface area contributed by atoms with Gasteiger partial charge in [0.25, 0.3) is 11.1 Å². The molecule has 0 spiro atoms. The SMILES string of the molecule is CCN(C(=O)SC(=O)[O-])c1ccc(C=C(C#N)C(=O)Nc2cccc(S(=O)(=O)[O-])c2)cc1.[K+].[K+]. The van der Waals surface area contributed by atoms with Crippen LogP contribution >= 0.6 is 11.8 Å². The molecule has 0 unspecified atom stereocenters. The molecule has 34 heavy (non-hydrogen) atoms. The van der Waals surface area contributed by atoms with E-state index >= 15 is 0 Å². The zero-order valence-electron chi connectivity index (χ0n) is 18.5. The molecule has 0 bridgehead atoms. The minimum Gasteiger partial charge on any atom is -0.744 e. The second kappa shape index (κ2) is 15.7. The number of carbonyl (C=O) groups excluding carboxylic acids is 3. The number of amides is 2. The average Bonchev–Trinajstić information content (AvgIpc) is 2.72. The minimum absolute atomic E-state index is 0. The molecule has 2 amide bonds. The minimum atomic E-state index is -4.71. The summed E-state index contributed by atoms with van der Waals surface area (Å²) in [6, 6.07) is 12.5. The monoisotopic (exact) mass is 551 g/mol. The molecule has 2 aromatic carbocycles. The predicted octanol–water partition coefficient (Wildman–Crippen LogP) is -3.83. The maximum absolute atomic E-state index is 12.4. The molecular formula is C20H15K2N3O7S2. The van der Waals surface area contributed by atoms with Crippen LogP contribution in [0.4, 0.5) is 21.0 Å². The fraction of sp³-hybridized carbons (Fsp3) is 0.100. The zero-order chi connectivity index (χ0) is 23.9. The van der Waals surface area contributed by atoms with E-state index in [1.54, 1.807) is 13.0 Å². The first-order chi connectivity index (χ1) is 15.0. The van der Waals surface area contributed by atoms with Crippen molar-refractivity contribution in [2.24, 2.45) is 0 Å². The van der Waals surface area contributed by atoms with Gasteiger partial charge in [0.2, 0.25) is 0 Å². The number of hydrogen-bond acceptors (Lipinski definition) is 9. The van der Waals surface area contributed by atoms with Gasteiger partial charge in [-0.15, -0.1) is 0 Å². The second-order valence-corrected chi connectivity index (χ2v) is 8.33. The third kappa shape index (κ3) is 10.3.